The van der Waals surface area contributed by atoms with E-state index in [9.17, 15) is 4.79 Å². The number of anilines is 1. The maximum atomic E-state index is 11.8. The van der Waals surface area contributed by atoms with E-state index in [1.54, 1.807) is 23.5 Å². The minimum absolute atomic E-state index is 0.225. The quantitative estimate of drug-likeness (QED) is 0.566. The molecule has 1 amide bonds. The summed E-state index contributed by atoms with van der Waals surface area (Å²) in [5.41, 5.74) is 3.47. The number of nitrogens with zero attached hydrogens (tertiary/aromatic N) is 2. The van der Waals surface area contributed by atoms with Crippen LogP contribution in [0.3, 0.4) is 0 Å². The van der Waals surface area contributed by atoms with E-state index in [-0.39, 0.29) is 5.91 Å². The number of pyridine rings is 1. The molecule has 0 aromatic carbocycles. The molecular weight excluding hydrogens is 262 g/mol. The SMILES string of the molecule is CCc1cnc(CNC(=O)c2ccc(NN)cn2)s1. The molecule has 0 spiro atoms. The Bertz CT molecular complexity index is 552. The smallest absolute Gasteiger partial charge is 0.270 e. The Balaban J connectivity index is 1.93. The Hall–Kier alpha value is -1.99. The lowest BCUT2D eigenvalue weighted by Gasteiger charge is -2.03. The van der Waals surface area contributed by atoms with E-state index in [0.717, 1.165) is 11.4 Å². The number of nitrogens with one attached hydrogen (secondary N) is 2. The van der Waals surface area contributed by atoms with E-state index in [2.05, 4.69) is 27.6 Å². The summed E-state index contributed by atoms with van der Waals surface area (Å²) < 4.78 is 0. The Morgan fingerprint density at radius 2 is 2.21 bits per heavy atom. The van der Waals surface area contributed by atoms with Crippen LogP contribution in [0.4, 0.5) is 5.69 Å². The van der Waals surface area contributed by atoms with Crippen molar-refractivity contribution in [1.29, 1.82) is 0 Å². The Kier molecular flexibility index (Phi) is 4.43. The molecule has 0 fully saturated rings. The first-order valence-corrected chi connectivity index (χ1v) is 6.69. The molecule has 0 saturated carbocycles. The van der Waals surface area contributed by atoms with Crippen molar-refractivity contribution >= 4 is 22.9 Å². The summed E-state index contributed by atoms with van der Waals surface area (Å²) in [5, 5.41) is 3.68. The van der Waals surface area contributed by atoms with Crippen molar-refractivity contribution in [2.24, 2.45) is 5.84 Å². The molecule has 2 aromatic rings. The molecule has 6 nitrogen and oxygen atoms in total. The number of amides is 1. The van der Waals surface area contributed by atoms with E-state index < -0.39 is 0 Å². The van der Waals surface area contributed by atoms with Gasteiger partial charge in [0.1, 0.15) is 10.7 Å². The molecule has 2 aromatic heterocycles. The van der Waals surface area contributed by atoms with Crippen LogP contribution in [0, 0.1) is 0 Å². The minimum Gasteiger partial charge on any atom is -0.344 e. The summed E-state index contributed by atoms with van der Waals surface area (Å²) in [7, 11) is 0. The molecule has 0 aliphatic carbocycles. The highest BCUT2D eigenvalue weighted by atomic mass is 32.1. The number of hydrogen-bond donors (Lipinski definition) is 3. The number of rotatable bonds is 5. The van der Waals surface area contributed by atoms with Crippen LogP contribution in [0.2, 0.25) is 0 Å². The fourth-order valence-electron chi connectivity index (χ4n) is 1.45. The molecule has 0 aliphatic rings. The van der Waals surface area contributed by atoms with Gasteiger partial charge in [0.2, 0.25) is 0 Å². The van der Waals surface area contributed by atoms with Gasteiger partial charge in [0.05, 0.1) is 18.4 Å². The second kappa shape index (κ2) is 6.26. The molecule has 0 aliphatic heterocycles. The maximum absolute atomic E-state index is 11.8. The molecule has 2 rings (SSSR count). The van der Waals surface area contributed by atoms with Gasteiger partial charge in [-0.3, -0.25) is 10.6 Å². The number of carbonyl (C=O) groups excluding carboxylic acids is 1. The lowest BCUT2D eigenvalue weighted by Crippen LogP contribution is -2.23. The van der Waals surface area contributed by atoms with Crippen molar-refractivity contribution in [1.82, 2.24) is 15.3 Å². The van der Waals surface area contributed by atoms with Gasteiger partial charge in [-0.05, 0) is 18.6 Å². The highest BCUT2D eigenvalue weighted by molar-refractivity contribution is 7.11. The predicted octanol–water partition coefficient (Wildman–Crippen LogP) is 1.32. The number of carbonyl (C=O) groups is 1. The number of aromatic nitrogens is 2. The predicted molar refractivity (Wildman–Crippen MR) is 74.7 cm³/mol. The third-order valence-electron chi connectivity index (χ3n) is 2.51. The first-order chi connectivity index (χ1) is 9.22. The van der Waals surface area contributed by atoms with Gasteiger partial charge in [-0.15, -0.1) is 11.3 Å². The van der Waals surface area contributed by atoms with E-state index in [1.807, 2.05) is 6.20 Å². The van der Waals surface area contributed by atoms with E-state index in [1.165, 1.54) is 11.1 Å². The summed E-state index contributed by atoms with van der Waals surface area (Å²) in [6.45, 7) is 2.49. The average Bonchev–Trinajstić information content (AvgIpc) is 2.93. The van der Waals surface area contributed by atoms with Gasteiger partial charge in [-0.25, -0.2) is 9.97 Å². The van der Waals surface area contributed by atoms with Gasteiger partial charge >= 0.3 is 0 Å². The number of nitrogens with two attached hydrogens (primary N) is 1. The molecule has 2 heterocycles. The molecule has 4 N–H and O–H groups in total. The zero-order valence-electron chi connectivity index (χ0n) is 10.5. The van der Waals surface area contributed by atoms with Crippen LogP contribution in [0.5, 0.6) is 0 Å². The molecule has 0 unspecified atom stereocenters. The Morgan fingerprint density at radius 3 is 2.79 bits per heavy atom. The summed E-state index contributed by atoms with van der Waals surface area (Å²) in [4.78, 5) is 21.3. The van der Waals surface area contributed by atoms with Crippen molar-refractivity contribution in [2.45, 2.75) is 19.9 Å². The molecule has 0 atom stereocenters. The topological polar surface area (TPSA) is 92.9 Å². The zero-order valence-corrected chi connectivity index (χ0v) is 11.3. The number of hydrazine groups is 1. The van der Waals surface area contributed by atoms with Gasteiger partial charge in [0.15, 0.2) is 0 Å². The fraction of sp³-hybridized carbons (Fsp3) is 0.250. The number of hydrogen-bond acceptors (Lipinski definition) is 6. The van der Waals surface area contributed by atoms with Crippen LogP contribution < -0.4 is 16.6 Å². The molecular formula is C12H15N5OS. The van der Waals surface area contributed by atoms with Crippen molar-refractivity contribution in [3.63, 3.8) is 0 Å². The third kappa shape index (κ3) is 3.49. The lowest BCUT2D eigenvalue weighted by molar-refractivity contribution is 0.0946. The van der Waals surface area contributed by atoms with Crippen LogP contribution in [-0.2, 0) is 13.0 Å². The molecule has 0 radical (unpaired) electrons. The van der Waals surface area contributed by atoms with E-state index in [0.29, 0.717) is 17.9 Å². The van der Waals surface area contributed by atoms with E-state index in [4.69, 9.17) is 5.84 Å². The van der Waals surface area contributed by atoms with Crippen molar-refractivity contribution in [3.05, 3.63) is 40.1 Å². The first-order valence-electron chi connectivity index (χ1n) is 5.87. The summed E-state index contributed by atoms with van der Waals surface area (Å²) >= 11 is 1.60. The van der Waals surface area contributed by atoms with Crippen molar-refractivity contribution in [3.8, 4) is 0 Å². The average molecular weight is 277 g/mol. The van der Waals surface area contributed by atoms with E-state index >= 15 is 0 Å². The largest absolute Gasteiger partial charge is 0.344 e. The molecule has 100 valence electrons. The van der Waals surface area contributed by atoms with Crippen LogP contribution >= 0.6 is 11.3 Å². The first kappa shape index (κ1) is 13.4. The van der Waals surface area contributed by atoms with Gasteiger partial charge in [0.25, 0.3) is 5.91 Å². The van der Waals surface area contributed by atoms with Crippen LogP contribution in [0.25, 0.3) is 0 Å². The van der Waals surface area contributed by atoms with Crippen LogP contribution in [-0.4, -0.2) is 15.9 Å². The Morgan fingerprint density at radius 1 is 1.37 bits per heavy atom. The van der Waals surface area contributed by atoms with Gasteiger partial charge < -0.3 is 10.7 Å². The van der Waals surface area contributed by atoms with Crippen molar-refractivity contribution < 1.29 is 4.79 Å². The van der Waals surface area contributed by atoms with Crippen LogP contribution in [0.15, 0.2) is 24.5 Å². The lowest BCUT2D eigenvalue weighted by atomic mass is 10.3. The van der Waals surface area contributed by atoms with Gasteiger partial charge in [-0.1, -0.05) is 6.92 Å². The van der Waals surface area contributed by atoms with Gasteiger partial charge in [-0.2, -0.15) is 0 Å². The summed E-state index contributed by atoms with van der Waals surface area (Å²) in [6.07, 6.45) is 4.31. The normalized spacial score (nSPS) is 10.2. The zero-order chi connectivity index (χ0) is 13.7. The highest BCUT2D eigenvalue weighted by Crippen LogP contribution is 2.13. The molecule has 0 bridgehead atoms. The molecule has 0 saturated heterocycles. The Labute approximate surface area is 115 Å². The monoisotopic (exact) mass is 277 g/mol. The standard InChI is InChI=1S/C12H15N5OS/c1-2-9-6-15-11(19-9)7-16-12(18)10-4-3-8(17-13)5-14-10/h3-6,17H,2,7,13H2,1H3,(H,16,18). The maximum Gasteiger partial charge on any atom is 0.270 e. The number of nitrogen functional groups attached to an aromatic ring is 1. The van der Waals surface area contributed by atoms with Crippen molar-refractivity contribution in [2.75, 3.05) is 5.43 Å². The summed E-state index contributed by atoms with van der Waals surface area (Å²) in [5.74, 6) is 5.00. The highest BCUT2D eigenvalue weighted by Gasteiger charge is 2.08. The summed E-state index contributed by atoms with van der Waals surface area (Å²) in [6, 6.07) is 3.31. The fourth-order valence-corrected chi connectivity index (χ4v) is 2.26. The molecule has 19 heavy (non-hydrogen) atoms. The van der Waals surface area contributed by atoms with Gasteiger partial charge in [0, 0.05) is 11.1 Å². The second-order valence-electron chi connectivity index (χ2n) is 3.83. The second-order valence-corrected chi connectivity index (χ2v) is 5.03. The van der Waals surface area contributed by atoms with Crippen LogP contribution in [0.1, 0.15) is 27.3 Å². The minimum atomic E-state index is -0.225. The molecule has 7 heteroatoms. The number of thiazole rings is 1. The number of aryl methyl sites for hydroxylation is 1. The third-order valence-corrected chi connectivity index (χ3v) is 3.65.